The number of benzene rings is 2. The van der Waals surface area contributed by atoms with E-state index in [1.165, 1.54) is 24.3 Å². The number of carboxylic acid groups (broad SMARTS) is 1. The van der Waals surface area contributed by atoms with Gasteiger partial charge in [-0.05, 0) is 66.9 Å². The van der Waals surface area contributed by atoms with E-state index in [0.29, 0.717) is 47.9 Å². The summed E-state index contributed by atoms with van der Waals surface area (Å²) in [5, 5.41) is 10.2. The van der Waals surface area contributed by atoms with Crippen molar-refractivity contribution in [2.45, 2.75) is 26.9 Å². The summed E-state index contributed by atoms with van der Waals surface area (Å²) in [5.74, 6) is -1.18. The highest BCUT2D eigenvalue weighted by atomic mass is 35.5. The summed E-state index contributed by atoms with van der Waals surface area (Å²) in [7, 11) is 0. The molecular weight excluding hydrogens is 473 g/mol. The van der Waals surface area contributed by atoms with Crippen molar-refractivity contribution < 1.29 is 18.7 Å². The quantitative estimate of drug-likeness (QED) is 0.359. The molecule has 0 atom stereocenters. The Hall–Kier alpha value is -3.91. The van der Waals surface area contributed by atoms with Crippen LogP contribution >= 0.6 is 11.6 Å². The van der Waals surface area contributed by atoms with Crippen LogP contribution in [-0.4, -0.2) is 22.6 Å². The fourth-order valence-electron chi connectivity index (χ4n) is 4.52. The molecule has 35 heavy (non-hydrogen) atoms. The number of pyridine rings is 1. The molecule has 0 radical (unpaired) electrons. The standard InChI is InChI=1S/C26H21ClFN3O4/c1-3-31(19-6-7-22(27)29-24(19)26(33)34)20-9-14(2)8-18-21(32)11-23(35-25(18)20)30-12-15-4-5-17(28)10-16(15)13-30/h4-11H,3,12-13H2,1-2H3,(H,33,34). The summed E-state index contributed by atoms with van der Waals surface area (Å²) < 4.78 is 20.0. The first-order valence-corrected chi connectivity index (χ1v) is 11.4. The van der Waals surface area contributed by atoms with Gasteiger partial charge in [-0.2, -0.15) is 0 Å². The lowest BCUT2D eigenvalue weighted by Crippen LogP contribution is -2.22. The molecule has 0 saturated heterocycles. The van der Waals surface area contributed by atoms with E-state index < -0.39 is 5.97 Å². The molecule has 1 aliphatic heterocycles. The van der Waals surface area contributed by atoms with E-state index in [4.69, 9.17) is 16.0 Å². The Labute approximate surface area is 205 Å². The predicted molar refractivity (Wildman–Crippen MR) is 132 cm³/mol. The molecule has 2 aromatic carbocycles. The second-order valence-corrected chi connectivity index (χ2v) is 8.82. The van der Waals surface area contributed by atoms with E-state index in [1.807, 2.05) is 24.8 Å². The lowest BCUT2D eigenvalue weighted by molar-refractivity contribution is 0.0691. The number of hydrogen-bond acceptors (Lipinski definition) is 6. The monoisotopic (exact) mass is 493 g/mol. The second kappa shape index (κ2) is 8.70. The molecule has 0 amide bonds. The summed E-state index contributed by atoms with van der Waals surface area (Å²) in [6.45, 7) is 4.98. The molecule has 0 spiro atoms. The lowest BCUT2D eigenvalue weighted by atomic mass is 10.1. The largest absolute Gasteiger partial charge is 0.476 e. The number of aromatic nitrogens is 1. The maximum Gasteiger partial charge on any atom is 0.356 e. The zero-order valence-electron chi connectivity index (χ0n) is 19.0. The molecule has 5 rings (SSSR count). The minimum Gasteiger partial charge on any atom is -0.476 e. The highest BCUT2D eigenvalue weighted by molar-refractivity contribution is 6.29. The zero-order valence-corrected chi connectivity index (χ0v) is 19.8. The molecule has 0 aliphatic carbocycles. The lowest BCUT2D eigenvalue weighted by Gasteiger charge is -2.26. The van der Waals surface area contributed by atoms with Gasteiger partial charge < -0.3 is 19.3 Å². The Morgan fingerprint density at radius 2 is 1.91 bits per heavy atom. The molecular formula is C26H21ClFN3O4. The normalized spacial score (nSPS) is 12.7. The van der Waals surface area contributed by atoms with Gasteiger partial charge >= 0.3 is 5.97 Å². The van der Waals surface area contributed by atoms with E-state index in [1.54, 1.807) is 23.1 Å². The summed E-state index contributed by atoms with van der Waals surface area (Å²) >= 11 is 5.96. The number of aromatic carboxylic acids is 1. The van der Waals surface area contributed by atoms with Gasteiger partial charge in [0.1, 0.15) is 11.0 Å². The number of hydrogen-bond donors (Lipinski definition) is 1. The molecule has 1 aliphatic rings. The highest BCUT2D eigenvalue weighted by Crippen LogP contribution is 2.37. The number of anilines is 3. The first-order chi connectivity index (χ1) is 16.7. The molecule has 0 bridgehead atoms. The SMILES string of the molecule is CCN(c1ccc(Cl)nc1C(=O)O)c1cc(C)cc2c(=O)cc(N3Cc4ccc(F)cc4C3)oc12. The molecule has 2 aromatic heterocycles. The molecule has 9 heteroatoms. The van der Waals surface area contributed by atoms with Gasteiger partial charge in [-0.15, -0.1) is 0 Å². The fourth-order valence-corrected chi connectivity index (χ4v) is 4.66. The Morgan fingerprint density at radius 1 is 1.14 bits per heavy atom. The zero-order chi connectivity index (χ0) is 24.9. The first-order valence-electron chi connectivity index (χ1n) is 11.0. The van der Waals surface area contributed by atoms with Crippen LogP contribution in [-0.2, 0) is 13.1 Å². The van der Waals surface area contributed by atoms with Crippen LogP contribution in [0.4, 0.5) is 21.6 Å². The van der Waals surface area contributed by atoms with E-state index in [0.717, 1.165) is 16.7 Å². The summed E-state index contributed by atoms with van der Waals surface area (Å²) in [6.07, 6.45) is 0. The third kappa shape index (κ3) is 4.10. The van der Waals surface area contributed by atoms with E-state index >= 15 is 0 Å². The van der Waals surface area contributed by atoms with Crippen molar-refractivity contribution in [3.8, 4) is 0 Å². The Kier molecular flexibility index (Phi) is 5.68. The van der Waals surface area contributed by atoms with Gasteiger partial charge in [-0.1, -0.05) is 17.7 Å². The van der Waals surface area contributed by atoms with Crippen molar-refractivity contribution >= 4 is 45.8 Å². The Morgan fingerprint density at radius 3 is 2.66 bits per heavy atom. The Bertz CT molecular complexity index is 1550. The van der Waals surface area contributed by atoms with Crippen molar-refractivity contribution in [1.82, 2.24) is 4.98 Å². The van der Waals surface area contributed by atoms with Crippen LogP contribution in [0.15, 0.2) is 57.7 Å². The maximum atomic E-state index is 13.7. The van der Waals surface area contributed by atoms with Crippen LogP contribution in [0.5, 0.6) is 0 Å². The fraction of sp³-hybridized carbons (Fsp3) is 0.192. The Balaban J connectivity index is 1.67. The third-order valence-electron chi connectivity index (χ3n) is 6.08. The molecule has 0 saturated carbocycles. The minimum absolute atomic E-state index is 0.0650. The van der Waals surface area contributed by atoms with Crippen LogP contribution in [0.3, 0.4) is 0 Å². The molecule has 7 nitrogen and oxygen atoms in total. The average molecular weight is 494 g/mol. The van der Waals surface area contributed by atoms with E-state index in [-0.39, 0.29) is 22.1 Å². The average Bonchev–Trinajstić information content (AvgIpc) is 3.24. The van der Waals surface area contributed by atoms with Crippen molar-refractivity contribution in [3.63, 3.8) is 0 Å². The van der Waals surface area contributed by atoms with E-state index in [9.17, 15) is 19.1 Å². The summed E-state index contributed by atoms with van der Waals surface area (Å²) in [6, 6.07) is 12.8. The van der Waals surface area contributed by atoms with Gasteiger partial charge in [-0.3, -0.25) is 4.79 Å². The number of carbonyl (C=O) groups is 1. The van der Waals surface area contributed by atoms with Gasteiger partial charge in [-0.25, -0.2) is 14.2 Å². The predicted octanol–water partition coefficient (Wildman–Crippen LogP) is 5.67. The molecule has 4 aromatic rings. The summed E-state index contributed by atoms with van der Waals surface area (Å²) in [4.78, 5) is 32.7. The van der Waals surface area contributed by atoms with Crippen LogP contribution < -0.4 is 15.2 Å². The third-order valence-corrected chi connectivity index (χ3v) is 6.29. The molecule has 3 heterocycles. The first kappa shape index (κ1) is 22.9. The van der Waals surface area contributed by atoms with Gasteiger partial charge in [0.2, 0.25) is 5.88 Å². The number of fused-ring (bicyclic) bond motifs is 2. The van der Waals surface area contributed by atoms with Gasteiger partial charge in [0, 0.05) is 25.7 Å². The topological polar surface area (TPSA) is 86.9 Å². The number of halogens is 2. The van der Waals surface area contributed by atoms with Crippen LogP contribution in [0.25, 0.3) is 11.0 Å². The van der Waals surface area contributed by atoms with Crippen molar-refractivity contribution in [2.24, 2.45) is 0 Å². The van der Waals surface area contributed by atoms with Crippen molar-refractivity contribution in [2.75, 3.05) is 16.3 Å². The van der Waals surface area contributed by atoms with E-state index in [2.05, 4.69) is 4.98 Å². The van der Waals surface area contributed by atoms with Gasteiger partial charge in [0.15, 0.2) is 16.7 Å². The smallest absolute Gasteiger partial charge is 0.356 e. The number of rotatable bonds is 5. The van der Waals surface area contributed by atoms with Crippen molar-refractivity contribution in [1.29, 1.82) is 0 Å². The number of nitrogens with zero attached hydrogens (tertiary/aromatic N) is 3. The number of aryl methyl sites for hydroxylation is 1. The van der Waals surface area contributed by atoms with Crippen LogP contribution in [0.2, 0.25) is 5.15 Å². The highest BCUT2D eigenvalue weighted by Gasteiger charge is 2.25. The van der Waals surface area contributed by atoms with Gasteiger partial charge in [0.05, 0.1) is 16.8 Å². The minimum atomic E-state index is -1.22. The molecule has 1 N–H and O–H groups in total. The molecule has 0 unspecified atom stereocenters. The number of carboxylic acids is 1. The van der Waals surface area contributed by atoms with Gasteiger partial charge in [0.25, 0.3) is 0 Å². The maximum absolute atomic E-state index is 13.7. The van der Waals surface area contributed by atoms with Crippen molar-refractivity contribution in [3.05, 3.63) is 92.1 Å². The summed E-state index contributed by atoms with van der Waals surface area (Å²) in [5.41, 5.74) is 3.38. The molecule has 178 valence electrons. The van der Waals surface area contributed by atoms with Crippen LogP contribution in [0, 0.1) is 12.7 Å². The second-order valence-electron chi connectivity index (χ2n) is 8.43. The molecule has 0 fully saturated rings. The van der Waals surface area contributed by atoms with Crippen LogP contribution in [0.1, 0.15) is 34.1 Å².